The first-order valence-electron chi connectivity index (χ1n) is 13.4. The maximum Gasteiger partial charge on any atom is 0.229 e. The van der Waals surface area contributed by atoms with E-state index in [1.54, 1.807) is 25.4 Å². The van der Waals surface area contributed by atoms with Crippen LogP contribution < -0.4 is 20.3 Å². The monoisotopic (exact) mass is 571 g/mol. The number of para-hydroxylation sites is 1. The summed E-state index contributed by atoms with van der Waals surface area (Å²) in [6.45, 7) is 9.54. The standard InChI is InChI=1S/C32H34FN5O2S/c1-19-17-22(20(2)37(19)26-13-8-7-11-23(26)33)29-28(25-12-9-10-16-34-25)36-31(41)38(29)21-14-15-24(27(18-21)40-6)35-30(39)32(3,4)5/h7-18,28-29H,1-6H3,(H,35,39)(H,36,41). The van der Waals surface area contributed by atoms with Gasteiger partial charge in [-0.1, -0.05) is 39.0 Å². The van der Waals surface area contributed by atoms with Gasteiger partial charge in [-0.25, -0.2) is 4.39 Å². The second-order valence-corrected chi connectivity index (χ2v) is 11.6. The lowest BCUT2D eigenvalue weighted by atomic mass is 9.95. The number of thiocarbonyl (C=S) groups is 1. The van der Waals surface area contributed by atoms with Crippen molar-refractivity contribution in [3.8, 4) is 11.4 Å². The molecule has 5 rings (SSSR count). The molecule has 1 fully saturated rings. The number of hydrogen-bond donors (Lipinski definition) is 2. The summed E-state index contributed by atoms with van der Waals surface area (Å²) >= 11 is 5.91. The van der Waals surface area contributed by atoms with E-state index in [2.05, 4.69) is 21.7 Å². The molecule has 0 saturated carbocycles. The lowest BCUT2D eigenvalue weighted by molar-refractivity contribution is -0.123. The first-order valence-corrected chi connectivity index (χ1v) is 13.9. The summed E-state index contributed by atoms with van der Waals surface area (Å²) in [5.41, 5.74) is 4.90. The molecule has 1 amide bonds. The second kappa shape index (κ2) is 11.0. The zero-order valence-corrected chi connectivity index (χ0v) is 24.8. The fraction of sp³-hybridized carbons (Fsp3) is 0.281. The third-order valence-electron chi connectivity index (χ3n) is 7.37. The Hall–Kier alpha value is -4.24. The van der Waals surface area contributed by atoms with Gasteiger partial charge in [-0.15, -0.1) is 0 Å². The third-order valence-corrected chi connectivity index (χ3v) is 7.69. The summed E-state index contributed by atoms with van der Waals surface area (Å²) in [6, 6.07) is 19.7. The number of aromatic nitrogens is 2. The Morgan fingerprint density at radius 3 is 2.46 bits per heavy atom. The lowest BCUT2D eigenvalue weighted by Crippen LogP contribution is -2.30. The Labute approximate surface area is 245 Å². The number of nitrogens with zero attached hydrogens (tertiary/aromatic N) is 3. The van der Waals surface area contributed by atoms with Crippen molar-refractivity contribution in [1.29, 1.82) is 0 Å². The molecule has 2 N–H and O–H groups in total. The molecule has 1 aliphatic heterocycles. The number of anilines is 2. The number of carbonyl (C=O) groups excluding carboxylic acids is 1. The van der Waals surface area contributed by atoms with Gasteiger partial charge in [0.1, 0.15) is 11.6 Å². The molecule has 3 heterocycles. The van der Waals surface area contributed by atoms with Gasteiger partial charge < -0.3 is 24.8 Å². The zero-order valence-electron chi connectivity index (χ0n) is 24.0. The molecule has 2 atom stereocenters. The molecule has 41 heavy (non-hydrogen) atoms. The van der Waals surface area contributed by atoms with Gasteiger partial charge in [-0.2, -0.15) is 0 Å². The third kappa shape index (κ3) is 5.29. The SMILES string of the molecule is COc1cc(N2C(=S)NC(c3ccccn3)C2c2cc(C)n(-c3ccccc3F)c2C)ccc1NC(=O)C(C)(C)C. The summed E-state index contributed by atoms with van der Waals surface area (Å²) in [7, 11) is 1.57. The van der Waals surface area contributed by atoms with Crippen LogP contribution >= 0.6 is 12.2 Å². The van der Waals surface area contributed by atoms with Gasteiger partial charge in [0, 0.05) is 34.8 Å². The number of nitrogens with one attached hydrogen (secondary N) is 2. The van der Waals surface area contributed by atoms with Crippen LogP contribution in [0.4, 0.5) is 15.8 Å². The normalized spacial score (nSPS) is 17.0. The topological polar surface area (TPSA) is 71.4 Å². The van der Waals surface area contributed by atoms with Crippen LogP contribution in [0.3, 0.4) is 0 Å². The number of rotatable bonds is 6. The number of halogens is 1. The summed E-state index contributed by atoms with van der Waals surface area (Å²) in [6.07, 6.45) is 1.76. The van der Waals surface area contributed by atoms with E-state index >= 15 is 0 Å². The average Bonchev–Trinajstić information content (AvgIpc) is 3.44. The number of benzene rings is 2. The van der Waals surface area contributed by atoms with Crippen LogP contribution in [0.25, 0.3) is 5.69 Å². The van der Waals surface area contributed by atoms with Crippen molar-refractivity contribution in [2.75, 3.05) is 17.3 Å². The molecule has 2 aromatic carbocycles. The Bertz CT molecular complexity index is 1610. The van der Waals surface area contributed by atoms with Crippen molar-refractivity contribution in [2.45, 2.75) is 46.7 Å². The van der Waals surface area contributed by atoms with Gasteiger partial charge in [0.25, 0.3) is 0 Å². The van der Waals surface area contributed by atoms with Gasteiger partial charge in [0.15, 0.2) is 5.11 Å². The van der Waals surface area contributed by atoms with Crippen molar-refractivity contribution in [3.63, 3.8) is 0 Å². The smallest absolute Gasteiger partial charge is 0.229 e. The van der Waals surface area contributed by atoms with Crippen LogP contribution in [-0.4, -0.2) is 27.7 Å². The number of carbonyl (C=O) groups is 1. The minimum Gasteiger partial charge on any atom is -0.494 e. The number of hydrogen-bond acceptors (Lipinski definition) is 4. The van der Waals surface area contributed by atoms with Crippen LogP contribution in [0.1, 0.15) is 55.5 Å². The molecule has 4 aromatic rings. The van der Waals surface area contributed by atoms with E-state index in [1.807, 2.05) is 86.6 Å². The lowest BCUT2D eigenvalue weighted by Gasteiger charge is -2.29. The first-order chi connectivity index (χ1) is 19.5. The fourth-order valence-electron chi connectivity index (χ4n) is 5.28. The van der Waals surface area contributed by atoms with E-state index in [4.69, 9.17) is 17.0 Å². The number of methoxy groups -OCH3 is 1. The minimum atomic E-state index is -0.564. The predicted molar refractivity (Wildman–Crippen MR) is 164 cm³/mol. The Kier molecular flexibility index (Phi) is 7.57. The molecule has 0 aliphatic carbocycles. The molecule has 0 bridgehead atoms. The highest BCUT2D eigenvalue weighted by Crippen LogP contribution is 2.45. The number of ether oxygens (including phenoxy) is 1. The van der Waals surface area contributed by atoms with E-state index in [0.29, 0.717) is 22.2 Å². The Balaban J connectivity index is 1.64. The van der Waals surface area contributed by atoms with E-state index in [9.17, 15) is 9.18 Å². The van der Waals surface area contributed by atoms with Gasteiger partial charge in [0.05, 0.1) is 36.3 Å². The zero-order chi connectivity index (χ0) is 29.5. The molecule has 2 unspecified atom stereocenters. The van der Waals surface area contributed by atoms with Gasteiger partial charge >= 0.3 is 0 Å². The molecule has 7 nitrogen and oxygen atoms in total. The summed E-state index contributed by atoms with van der Waals surface area (Å²) in [4.78, 5) is 19.4. The van der Waals surface area contributed by atoms with Crippen LogP contribution in [0.2, 0.25) is 0 Å². The molecule has 1 aliphatic rings. The average molecular weight is 572 g/mol. The first kappa shape index (κ1) is 28.3. The molecule has 9 heteroatoms. The molecule has 0 radical (unpaired) electrons. The quantitative estimate of drug-likeness (QED) is 0.248. The Morgan fingerprint density at radius 2 is 1.80 bits per heavy atom. The van der Waals surface area contributed by atoms with Gasteiger partial charge in [-0.05, 0) is 74.1 Å². The van der Waals surface area contributed by atoms with Crippen LogP contribution in [0.15, 0.2) is 72.9 Å². The molecule has 2 aromatic heterocycles. The van der Waals surface area contributed by atoms with E-state index in [1.165, 1.54) is 6.07 Å². The van der Waals surface area contributed by atoms with Crippen LogP contribution in [-0.2, 0) is 4.79 Å². The highest BCUT2D eigenvalue weighted by Gasteiger charge is 2.42. The van der Waals surface area contributed by atoms with E-state index < -0.39 is 5.41 Å². The summed E-state index contributed by atoms with van der Waals surface area (Å²) in [5, 5.41) is 6.97. The molecular formula is C32H34FN5O2S. The maximum atomic E-state index is 14.9. The fourth-order valence-corrected chi connectivity index (χ4v) is 5.63. The van der Waals surface area contributed by atoms with Crippen molar-refractivity contribution in [1.82, 2.24) is 14.9 Å². The van der Waals surface area contributed by atoms with Crippen LogP contribution in [0, 0.1) is 25.1 Å². The predicted octanol–water partition coefficient (Wildman–Crippen LogP) is 6.80. The van der Waals surface area contributed by atoms with E-state index in [-0.39, 0.29) is 23.8 Å². The highest BCUT2D eigenvalue weighted by molar-refractivity contribution is 7.80. The second-order valence-electron chi connectivity index (χ2n) is 11.2. The largest absolute Gasteiger partial charge is 0.494 e. The summed E-state index contributed by atoms with van der Waals surface area (Å²) < 4.78 is 22.6. The summed E-state index contributed by atoms with van der Waals surface area (Å²) in [5.74, 6) is 0.104. The molecular weight excluding hydrogens is 537 g/mol. The number of amides is 1. The number of pyridine rings is 1. The minimum absolute atomic E-state index is 0.115. The van der Waals surface area contributed by atoms with Crippen molar-refractivity contribution < 1.29 is 13.9 Å². The molecule has 0 spiro atoms. The highest BCUT2D eigenvalue weighted by atomic mass is 32.1. The maximum absolute atomic E-state index is 14.9. The number of aryl methyl sites for hydroxylation is 1. The van der Waals surface area contributed by atoms with Gasteiger partial charge in [-0.3, -0.25) is 9.78 Å². The molecule has 212 valence electrons. The molecule has 1 saturated heterocycles. The van der Waals surface area contributed by atoms with E-state index in [0.717, 1.165) is 28.3 Å². The van der Waals surface area contributed by atoms with Crippen molar-refractivity contribution in [2.24, 2.45) is 5.41 Å². The van der Waals surface area contributed by atoms with Crippen LogP contribution in [0.5, 0.6) is 5.75 Å². The van der Waals surface area contributed by atoms with Crippen molar-refractivity contribution >= 4 is 34.6 Å². The Morgan fingerprint density at radius 1 is 1.07 bits per heavy atom. The van der Waals surface area contributed by atoms with Crippen molar-refractivity contribution in [3.05, 3.63) is 101 Å². The van der Waals surface area contributed by atoms with Gasteiger partial charge in [0.2, 0.25) is 5.91 Å².